The van der Waals surface area contributed by atoms with Gasteiger partial charge in [0.2, 0.25) is 5.91 Å². The van der Waals surface area contributed by atoms with Gasteiger partial charge in [-0.15, -0.1) is 0 Å². The molecule has 3 amide bonds. The van der Waals surface area contributed by atoms with E-state index in [0.717, 1.165) is 11.0 Å². The zero-order valence-electron chi connectivity index (χ0n) is 15.9. The van der Waals surface area contributed by atoms with Crippen molar-refractivity contribution in [3.8, 4) is 0 Å². The lowest BCUT2D eigenvalue weighted by atomic mass is 10.1. The van der Waals surface area contributed by atoms with Gasteiger partial charge in [-0.05, 0) is 58.7 Å². The smallest absolute Gasteiger partial charge is 0.319 e. The van der Waals surface area contributed by atoms with E-state index in [9.17, 15) is 18.4 Å². The van der Waals surface area contributed by atoms with Crippen molar-refractivity contribution in [1.29, 1.82) is 0 Å². The molecule has 3 rings (SSSR count). The third kappa shape index (κ3) is 5.07. The Labute approximate surface area is 183 Å². The molecule has 0 N–H and O–H groups in total. The summed E-state index contributed by atoms with van der Waals surface area (Å²) < 4.78 is 27.2. The van der Waals surface area contributed by atoms with E-state index in [0.29, 0.717) is 22.3 Å². The minimum atomic E-state index is -0.540. The van der Waals surface area contributed by atoms with Crippen LogP contribution in [-0.4, -0.2) is 41.4 Å². The van der Waals surface area contributed by atoms with Gasteiger partial charge in [-0.25, -0.2) is 13.6 Å². The quantitative estimate of drug-likeness (QED) is 0.570. The van der Waals surface area contributed by atoms with Crippen molar-refractivity contribution in [2.24, 2.45) is 0 Å². The van der Waals surface area contributed by atoms with Crippen LogP contribution in [0.15, 0.2) is 49.6 Å². The minimum Gasteiger partial charge on any atom is -0.319 e. The molecular weight excluding hydrogens is 433 g/mol. The Bertz CT molecular complexity index is 1010. The average Bonchev–Trinajstić information content (AvgIpc) is 2.65. The number of hydrogen-bond donors (Lipinski definition) is 0. The highest BCUT2D eigenvalue weighted by atomic mass is 35.5. The number of carbonyl (C=O) groups is 2. The predicted molar refractivity (Wildman–Crippen MR) is 114 cm³/mol. The summed E-state index contributed by atoms with van der Waals surface area (Å²) in [5.74, 6) is -1.41. The van der Waals surface area contributed by atoms with Gasteiger partial charge >= 0.3 is 6.03 Å². The molecule has 2 aromatic carbocycles. The highest BCUT2D eigenvalue weighted by Gasteiger charge is 2.32. The topological polar surface area (TPSA) is 40.6 Å². The Balaban J connectivity index is 1.73. The standard InChI is InChI=1S/C22H18Cl2F2N2O2/c1-13(15-5-17(23)9-19(25)7-15)11-27-4-3-21(29)28(22(27)30)12-14(2)16-6-18(24)10-20(26)8-16/h5-10H,1-4,11-12H2. The normalized spacial score (nSPS) is 14.3. The van der Waals surface area contributed by atoms with Crippen molar-refractivity contribution in [2.75, 3.05) is 19.6 Å². The lowest BCUT2D eigenvalue weighted by molar-refractivity contribution is -0.130. The fourth-order valence-electron chi connectivity index (χ4n) is 3.16. The number of imide groups is 1. The molecule has 8 heteroatoms. The number of rotatable bonds is 6. The summed E-state index contributed by atoms with van der Waals surface area (Å²) in [6.07, 6.45) is 0.111. The van der Waals surface area contributed by atoms with E-state index < -0.39 is 17.7 Å². The van der Waals surface area contributed by atoms with E-state index in [1.807, 2.05) is 0 Å². The van der Waals surface area contributed by atoms with Gasteiger partial charge in [0.25, 0.3) is 0 Å². The number of nitrogens with zero attached hydrogens (tertiary/aromatic N) is 2. The molecule has 0 bridgehead atoms. The predicted octanol–water partition coefficient (Wildman–Crippen LogP) is 5.65. The van der Waals surface area contributed by atoms with Crippen LogP contribution in [0.1, 0.15) is 17.5 Å². The van der Waals surface area contributed by atoms with Gasteiger partial charge in [0, 0.05) is 29.6 Å². The van der Waals surface area contributed by atoms with Crippen molar-refractivity contribution in [2.45, 2.75) is 6.42 Å². The van der Waals surface area contributed by atoms with Gasteiger partial charge in [0.15, 0.2) is 0 Å². The average molecular weight is 451 g/mol. The van der Waals surface area contributed by atoms with Crippen LogP contribution in [0, 0.1) is 11.6 Å². The highest BCUT2D eigenvalue weighted by Crippen LogP contribution is 2.25. The lowest BCUT2D eigenvalue weighted by Gasteiger charge is -2.35. The number of urea groups is 1. The molecule has 1 aliphatic rings. The number of halogens is 4. The summed E-state index contributed by atoms with van der Waals surface area (Å²) >= 11 is 11.8. The van der Waals surface area contributed by atoms with E-state index in [1.165, 1.54) is 29.2 Å². The summed E-state index contributed by atoms with van der Waals surface area (Å²) in [5.41, 5.74) is 1.72. The Morgan fingerprint density at radius 2 is 1.37 bits per heavy atom. The molecule has 0 aromatic heterocycles. The molecule has 0 aliphatic carbocycles. The third-order valence-electron chi connectivity index (χ3n) is 4.67. The first-order chi connectivity index (χ1) is 14.1. The number of benzene rings is 2. The second-order valence-electron chi connectivity index (χ2n) is 6.96. The van der Waals surface area contributed by atoms with E-state index >= 15 is 0 Å². The summed E-state index contributed by atoms with van der Waals surface area (Å²) in [5, 5.41) is 0.409. The van der Waals surface area contributed by atoms with E-state index in [2.05, 4.69) is 13.2 Å². The molecule has 156 valence electrons. The molecule has 0 atom stereocenters. The van der Waals surface area contributed by atoms with E-state index in [-0.39, 0.29) is 42.0 Å². The molecular formula is C22H18Cl2F2N2O2. The first kappa shape index (κ1) is 22.0. The fraction of sp³-hybridized carbons (Fsp3) is 0.182. The van der Waals surface area contributed by atoms with Crippen LogP contribution in [0.4, 0.5) is 13.6 Å². The third-order valence-corrected chi connectivity index (χ3v) is 5.11. The molecule has 1 heterocycles. The first-order valence-electron chi connectivity index (χ1n) is 9.02. The largest absolute Gasteiger partial charge is 0.327 e. The molecule has 0 radical (unpaired) electrons. The summed E-state index contributed by atoms with van der Waals surface area (Å²) in [7, 11) is 0. The van der Waals surface area contributed by atoms with Crippen LogP contribution in [0.3, 0.4) is 0 Å². The molecule has 30 heavy (non-hydrogen) atoms. The van der Waals surface area contributed by atoms with Crippen LogP contribution in [-0.2, 0) is 4.79 Å². The fourth-order valence-corrected chi connectivity index (χ4v) is 3.60. The zero-order chi connectivity index (χ0) is 22.0. The van der Waals surface area contributed by atoms with Crippen molar-refractivity contribution >= 4 is 46.3 Å². The van der Waals surface area contributed by atoms with Crippen LogP contribution in [0.2, 0.25) is 10.0 Å². The van der Waals surface area contributed by atoms with Crippen LogP contribution in [0.25, 0.3) is 11.1 Å². The SMILES string of the molecule is C=C(CN1CCC(=O)N(CC(=C)c2cc(F)cc(Cl)c2)C1=O)c1cc(F)cc(Cl)c1. The lowest BCUT2D eigenvalue weighted by Crippen LogP contribution is -2.52. The number of amides is 3. The van der Waals surface area contributed by atoms with Crippen LogP contribution < -0.4 is 0 Å². The Kier molecular flexibility index (Phi) is 6.58. The number of hydrogen-bond acceptors (Lipinski definition) is 2. The summed E-state index contributed by atoms with van der Waals surface area (Å²) in [6, 6.07) is 7.38. The Morgan fingerprint density at radius 3 is 1.87 bits per heavy atom. The summed E-state index contributed by atoms with van der Waals surface area (Å²) in [4.78, 5) is 27.7. The van der Waals surface area contributed by atoms with E-state index in [4.69, 9.17) is 23.2 Å². The Morgan fingerprint density at radius 1 is 0.867 bits per heavy atom. The maximum Gasteiger partial charge on any atom is 0.327 e. The van der Waals surface area contributed by atoms with Gasteiger partial charge in [-0.1, -0.05) is 36.4 Å². The number of carbonyl (C=O) groups excluding carboxylic acids is 2. The van der Waals surface area contributed by atoms with Gasteiger partial charge in [0.05, 0.1) is 6.54 Å². The van der Waals surface area contributed by atoms with Crippen LogP contribution >= 0.6 is 23.2 Å². The molecule has 1 aliphatic heterocycles. The van der Waals surface area contributed by atoms with Crippen molar-refractivity contribution in [3.63, 3.8) is 0 Å². The van der Waals surface area contributed by atoms with Crippen molar-refractivity contribution in [1.82, 2.24) is 9.80 Å². The molecule has 0 unspecified atom stereocenters. The maximum absolute atomic E-state index is 13.6. The van der Waals surface area contributed by atoms with Gasteiger partial charge < -0.3 is 4.90 Å². The minimum absolute atomic E-state index is 0.0979. The van der Waals surface area contributed by atoms with Gasteiger partial charge in [-0.3, -0.25) is 9.69 Å². The van der Waals surface area contributed by atoms with E-state index in [1.54, 1.807) is 6.07 Å². The zero-order valence-corrected chi connectivity index (χ0v) is 17.4. The Hall–Kier alpha value is -2.70. The second-order valence-corrected chi connectivity index (χ2v) is 7.83. The second kappa shape index (κ2) is 8.98. The van der Waals surface area contributed by atoms with Crippen molar-refractivity contribution in [3.05, 3.63) is 82.4 Å². The first-order valence-corrected chi connectivity index (χ1v) is 9.77. The highest BCUT2D eigenvalue weighted by molar-refractivity contribution is 6.31. The van der Waals surface area contributed by atoms with Crippen molar-refractivity contribution < 1.29 is 18.4 Å². The molecule has 2 aromatic rings. The maximum atomic E-state index is 13.6. The molecule has 0 saturated carbocycles. The van der Waals surface area contributed by atoms with Gasteiger partial charge in [-0.2, -0.15) is 0 Å². The van der Waals surface area contributed by atoms with Crippen LogP contribution in [0.5, 0.6) is 0 Å². The molecule has 1 fully saturated rings. The summed E-state index contributed by atoms with van der Waals surface area (Å²) in [6.45, 7) is 7.97. The monoisotopic (exact) mass is 450 g/mol. The van der Waals surface area contributed by atoms with Gasteiger partial charge in [0.1, 0.15) is 11.6 Å². The molecule has 1 saturated heterocycles. The molecule has 4 nitrogen and oxygen atoms in total. The molecule has 0 spiro atoms.